The third-order valence-corrected chi connectivity index (χ3v) is 5.82. The zero-order chi connectivity index (χ0) is 27.9. The van der Waals surface area contributed by atoms with E-state index in [1.165, 1.54) is 19.2 Å². The highest BCUT2D eigenvalue weighted by Gasteiger charge is 2.21. The minimum Gasteiger partial charge on any atom is -0.507 e. The Morgan fingerprint density at radius 2 is 1.82 bits per heavy atom. The van der Waals surface area contributed by atoms with Gasteiger partial charge in [-0.3, -0.25) is 9.59 Å². The SMILES string of the molecule is COc1ccccc1C(=O)Nc1nc(-c2ccc(F)cc2O)cc(-c2cccc(C(=O)NCCN)c2)c1C#N.Cl. The molecule has 0 radical (unpaired) electrons. The minimum atomic E-state index is -0.647. The molecule has 9 nitrogen and oxygen atoms in total. The van der Waals surface area contributed by atoms with Crippen molar-refractivity contribution < 1.29 is 23.8 Å². The molecule has 204 valence electrons. The van der Waals surface area contributed by atoms with Gasteiger partial charge in [0, 0.05) is 35.8 Å². The second-order valence-electron chi connectivity index (χ2n) is 8.33. The number of anilines is 1. The number of aromatic nitrogens is 1. The molecule has 4 rings (SSSR count). The van der Waals surface area contributed by atoms with Gasteiger partial charge in [-0.2, -0.15) is 5.26 Å². The first-order valence-electron chi connectivity index (χ1n) is 11.8. The van der Waals surface area contributed by atoms with Gasteiger partial charge in [-0.15, -0.1) is 12.4 Å². The van der Waals surface area contributed by atoms with Crippen LogP contribution in [0, 0.1) is 17.1 Å². The summed E-state index contributed by atoms with van der Waals surface area (Å²) in [6.07, 6.45) is 0. The number of nitrogens with two attached hydrogens (primary N) is 1. The van der Waals surface area contributed by atoms with Gasteiger partial charge in [-0.25, -0.2) is 9.37 Å². The number of halogens is 2. The molecule has 0 aliphatic carbocycles. The summed E-state index contributed by atoms with van der Waals surface area (Å²) in [7, 11) is 1.43. The van der Waals surface area contributed by atoms with Crippen LogP contribution < -0.4 is 21.1 Å². The van der Waals surface area contributed by atoms with E-state index in [0.717, 1.165) is 12.1 Å². The van der Waals surface area contributed by atoms with Gasteiger partial charge < -0.3 is 26.2 Å². The number of benzene rings is 3. The van der Waals surface area contributed by atoms with E-state index in [1.807, 2.05) is 0 Å². The number of nitriles is 1. The second kappa shape index (κ2) is 13.2. The Labute approximate surface area is 235 Å². The van der Waals surface area contributed by atoms with Crippen LogP contribution >= 0.6 is 12.4 Å². The fourth-order valence-corrected chi connectivity index (χ4v) is 3.96. The molecule has 0 bridgehead atoms. The Morgan fingerprint density at radius 1 is 1.05 bits per heavy atom. The Hall–Kier alpha value is -4.98. The molecule has 11 heteroatoms. The van der Waals surface area contributed by atoms with Crippen molar-refractivity contribution in [3.8, 4) is 40.0 Å². The quantitative estimate of drug-likeness (QED) is 0.247. The van der Waals surface area contributed by atoms with Crippen LogP contribution in [0.5, 0.6) is 11.5 Å². The molecule has 0 saturated heterocycles. The second-order valence-corrected chi connectivity index (χ2v) is 8.33. The van der Waals surface area contributed by atoms with Gasteiger partial charge in [0.2, 0.25) is 0 Å². The summed E-state index contributed by atoms with van der Waals surface area (Å²) in [4.78, 5) is 30.2. The molecule has 1 heterocycles. The van der Waals surface area contributed by atoms with Crippen molar-refractivity contribution >= 4 is 30.0 Å². The average Bonchev–Trinajstić information content (AvgIpc) is 2.95. The van der Waals surface area contributed by atoms with Gasteiger partial charge in [0.15, 0.2) is 5.82 Å². The van der Waals surface area contributed by atoms with Crippen molar-refractivity contribution in [2.24, 2.45) is 5.73 Å². The molecular formula is C29H25ClFN5O4. The van der Waals surface area contributed by atoms with Crippen LogP contribution in [0.3, 0.4) is 0 Å². The number of hydrogen-bond donors (Lipinski definition) is 4. The van der Waals surface area contributed by atoms with Gasteiger partial charge in [-0.1, -0.05) is 24.3 Å². The maximum absolute atomic E-state index is 13.7. The Kier molecular flexibility index (Phi) is 9.76. The molecule has 40 heavy (non-hydrogen) atoms. The van der Waals surface area contributed by atoms with Crippen molar-refractivity contribution in [1.29, 1.82) is 5.26 Å². The zero-order valence-electron chi connectivity index (χ0n) is 21.3. The van der Waals surface area contributed by atoms with E-state index in [9.17, 15) is 24.3 Å². The standard InChI is InChI=1S/C29H24FN5O4.ClH/c1-39-26-8-3-2-7-21(26)29(38)35-27-23(16-32)22(15-24(34-27)20-10-9-19(30)14-25(20)36)17-5-4-6-18(13-17)28(37)33-12-11-31;/h2-10,13-15,36H,11-12,31H2,1H3,(H,33,37)(H,34,35,38);1H. The smallest absolute Gasteiger partial charge is 0.260 e. The predicted molar refractivity (Wildman–Crippen MR) is 151 cm³/mol. The third kappa shape index (κ3) is 6.35. The van der Waals surface area contributed by atoms with Crippen LogP contribution in [-0.4, -0.2) is 42.1 Å². The Bertz CT molecular complexity index is 1610. The number of para-hydroxylation sites is 1. The molecule has 4 aromatic rings. The van der Waals surface area contributed by atoms with E-state index in [0.29, 0.717) is 22.4 Å². The van der Waals surface area contributed by atoms with Crippen LogP contribution in [0.15, 0.2) is 72.8 Å². The van der Waals surface area contributed by atoms with Crippen LogP contribution in [0.25, 0.3) is 22.4 Å². The van der Waals surface area contributed by atoms with Crippen LogP contribution in [0.4, 0.5) is 10.2 Å². The third-order valence-electron chi connectivity index (χ3n) is 5.82. The largest absolute Gasteiger partial charge is 0.507 e. The number of amides is 2. The molecule has 2 amide bonds. The number of carbonyl (C=O) groups excluding carboxylic acids is 2. The van der Waals surface area contributed by atoms with Crippen molar-refractivity contribution in [3.63, 3.8) is 0 Å². The van der Waals surface area contributed by atoms with Gasteiger partial charge in [-0.05, 0) is 48.0 Å². The van der Waals surface area contributed by atoms with Crippen LogP contribution in [0.2, 0.25) is 0 Å². The first-order chi connectivity index (χ1) is 18.9. The molecule has 0 aliphatic rings. The number of carbonyl (C=O) groups is 2. The van der Waals surface area contributed by atoms with Gasteiger partial charge in [0.05, 0.1) is 18.4 Å². The first kappa shape index (κ1) is 29.6. The van der Waals surface area contributed by atoms with Gasteiger partial charge in [0.25, 0.3) is 11.8 Å². The molecule has 0 fully saturated rings. The highest BCUT2D eigenvalue weighted by molar-refractivity contribution is 6.07. The molecule has 0 aliphatic heterocycles. The lowest BCUT2D eigenvalue weighted by atomic mass is 9.96. The molecule has 0 atom stereocenters. The number of methoxy groups -OCH3 is 1. The van der Waals surface area contributed by atoms with Crippen molar-refractivity contribution in [1.82, 2.24) is 10.3 Å². The topological polar surface area (TPSA) is 150 Å². The monoisotopic (exact) mass is 561 g/mol. The van der Waals surface area contributed by atoms with E-state index in [1.54, 1.807) is 48.5 Å². The summed E-state index contributed by atoms with van der Waals surface area (Å²) < 4.78 is 19.0. The average molecular weight is 562 g/mol. The molecule has 0 unspecified atom stereocenters. The van der Waals surface area contributed by atoms with E-state index < -0.39 is 11.7 Å². The zero-order valence-corrected chi connectivity index (χ0v) is 22.1. The summed E-state index contributed by atoms with van der Waals surface area (Å²) >= 11 is 0. The number of ether oxygens (including phenoxy) is 1. The molecule has 3 aromatic carbocycles. The van der Waals surface area contributed by atoms with Gasteiger partial charge in [0.1, 0.15) is 28.9 Å². The molecule has 5 N–H and O–H groups in total. The highest BCUT2D eigenvalue weighted by Crippen LogP contribution is 2.36. The lowest BCUT2D eigenvalue weighted by molar-refractivity contribution is 0.0953. The molecule has 0 saturated carbocycles. The summed E-state index contributed by atoms with van der Waals surface area (Å²) in [6.45, 7) is 0.559. The number of phenolic OH excluding ortho intramolecular Hbond substituents is 1. The van der Waals surface area contributed by atoms with E-state index in [-0.39, 0.29) is 65.4 Å². The maximum Gasteiger partial charge on any atom is 0.260 e. The number of aromatic hydroxyl groups is 1. The number of rotatable bonds is 8. The normalized spacial score (nSPS) is 10.2. The first-order valence-corrected chi connectivity index (χ1v) is 11.8. The predicted octanol–water partition coefficient (Wildman–Crippen LogP) is 4.50. The number of hydrogen-bond acceptors (Lipinski definition) is 7. The maximum atomic E-state index is 13.7. The van der Waals surface area contributed by atoms with Crippen molar-refractivity contribution in [2.45, 2.75) is 0 Å². The van der Waals surface area contributed by atoms with Crippen molar-refractivity contribution in [3.05, 3.63) is 95.3 Å². The molecule has 1 aromatic heterocycles. The van der Waals surface area contributed by atoms with Crippen LogP contribution in [-0.2, 0) is 0 Å². The van der Waals surface area contributed by atoms with E-state index >= 15 is 0 Å². The Balaban J connectivity index is 0.00000441. The summed E-state index contributed by atoms with van der Waals surface area (Å²) in [5.74, 6) is -1.74. The van der Waals surface area contributed by atoms with E-state index in [2.05, 4.69) is 21.7 Å². The summed E-state index contributed by atoms with van der Waals surface area (Å²) in [5, 5.41) is 25.9. The number of pyridine rings is 1. The number of nitrogens with one attached hydrogen (secondary N) is 2. The fraction of sp³-hybridized carbons (Fsp3) is 0.103. The number of phenols is 1. The lowest BCUT2D eigenvalue weighted by Crippen LogP contribution is -2.28. The number of nitrogens with zero attached hydrogens (tertiary/aromatic N) is 2. The molecular weight excluding hydrogens is 537 g/mol. The fourth-order valence-electron chi connectivity index (χ4n) is 3.96. The highest BCUT2D eigenvalue weighted by atomic mass is 35.5. The summed E-state index contributed by atoms with van der Waals surface area (Å²) in [6, 6.07) is 20.1. The Morgan fingerprint density at radius 3 is 2.52 bits per heavy atom. The minimum absolute atomic E-state index is 0. The van der Waals surface area contributed by atoms with Gasteiger partial charge >= 0.3 is 0 Å². The van der Waals surface area contributed by atoms with Crippen molar-refractivity contribution in [2.75, 3.05) is 25.5 Å². The van der Waals surface area contributed by atoms with Crippen LogP contribution in [0.1, 0.15) is 26.3 Å². The molecule has 0 spiro atoms. The van der Waals surface area contributed by atoms with E-state index in [4.69, 9.17) is 10.5 Å². The lowest BCUT2D eigenvalue weighted by Gasteiger charge is -2.15. The summed E-state index contributed by atoms with van der Waals surface area (Å²) in [5.41, 5.74) is 7.17.